The quantitative estimate of drug-likeness (QED) is 0.623. The number of hydrogen-bond donors (Lipinski definition) is 2. The Labute approximate surface area is 97.8 Å². The van der Waals surface area contributed by atoms with Crippen LogP contribution in [0, 0.1) is 0 Å². The van der Waals surface area contributed by atoms with Crippen molar-refractivity contribution in [2.24, 2.45) is 0 Å². The minimum Gasteiger partial charge on any atom is -0.480 e. The first-order valence-electron chi connectivity index (χ1n) is 5.25. The maximum Gasteiger partial charge on any atom is 0.328 e. The van der Waals surface area contributed by atoms with Gasteiger partial charge in [0.1, 0.15) is 6.04 Å². The minimum atomic E-state index is -1.27. The van der Waals surface area contributed by atoms with Crippen molar-refractivity contribution in [2.45, 2.75) is 32.2 Å². The summed E-state index contributed by atoms with van der Waals surface area (Å²) >= 11 is 0. The molecule has 17 heavy (non-hydrogen) atoms. The smallest absolute Gasteiger partial charge is 0.328 e. The molecule has 1 unspecified atom stereocenters. The largest absolute Gasteiger partial charge is 0.480 e. The van der Waals surface area contributed by atoms with E-state index in [1.807, 2.05) is 0 Å². The zero-order valence-corrected chi connectivity index (χ0v) is 9.43. The number of piperidine rings is 1. The van der Waals surface area contributed by atoms with Crippen LogP contribution >= 0.6 is 0 Å². The zero-order valence-electron chi connectivity index (χ0n) is 9.43. The summed E-state index contributed by atoms with van der Waals surface area (Å²) in [5.41, 5.74) is 0. The highest BCUT2D eigenvalue weighted by atomic mass is 16.4. The van der Waals surface area contributed by atoms with Crippen molar-refractivity contribution < 1.29 is 24.3 Å². The molecule has 1 atom stereocenters. The van der Waals surface area contributed by atoms with Crippen LogP contribution in [0.1, 0.15) is 26.2 Å². The van der Waals surface area contributed by atoms with Crippen LogP contribution in [0.3, 0.4) is 0 Å². The van der Waals surface area contributed by atoms with Gasteiger partial charge in [0.05, 0.1) is 6.54 Å². The molecule has 3 amide bonds. The summed E-state index contributed by atoms with van der Waals surface area (Å²) in [6, 6.07) is -1.25. The molecule has 0 aliphatic carbocycles. The summed E-state index contributed by atoms with van der Waals surface area (Å²) in [6.45, 7) is 0.863. The molecule has 0 spiro atoms. The van der Waals surface area contributed by atoms with Crippen molar-refractivity contribution >= 4 is 23.7 Å². The number of carbonyl (C=O) groups is 4. The molecule has 0 saturated carbocycles. The van der Waals surface area contributed by atoms with Gasteiger partial charge >= 0.3 is 5.97 Å². The lowest BCUT2D eigenvalue weighted by molar-refractivity contribution is -0.150. The first kappa shape index (κ1) is 13.1. The molecule has 1 rings (SSSR count). The van der Waals surface area contributed by atoms with Gasteiger partial charge in [0.25, 0.3) is 0 Å². The third-order valence-corrected chi connectivity index (χ3v) is 2.42. The number of imide groups is 1. The maximum atomic E-state index is 11.4. The molecule has 0 aromatic carbocycles. The molecule has 0 aromatic heterocycles. The van der Waals surface area contributed by atoms with E-state index in [-0.39, 0.29) is 19.4 Å². The Bertz CT molecular complexity index is 350. The molecule has 94 valence electrons. The van der Waals surface area contributed by atoms with Gasteiger partial charge in [0.15, 0.2) is 0 Å². The standard InChI is InChI=1S/C10H14N2O5/c1-6(13)11-7(10(16)17)5-12-8(14)3-2-4-9(12)15/h7H,2-5H2,1H3,(H,11,13)(H,16,17). The predicted octanol–water partition coefficient (Wildman–Crippen LogP) is -0.885. The van der Waals surface area contributed by atoms with Crippen molar-refractivity contribution in [3.8, 4) is 0 Å². The molecule has 1 aliphatic rings. The van der Waals surface area contributed by atoms with Crippen LogP contribution in [0.2, 0.25) is 0 Å². The van der Waals surface area contributed by atoms with Gasteiger partial charge in [-0.2, -0.15) is 0 Å². The van der Waals surface area contributed by atoms with Crippen molar-refractivity contribution in [2.75, 3.05) is 6.54 Å². The van der Waals surface area contributed by atoms with Crippen LogP contribution in [0.25, 0.3) is 0 Å². The summed E-state index contributed by atoms with van der Waals surface area (Å²) in [6.07, 6.45) is 0.961. The fourth-order valence-electron chi connectivity index (χ4n) is 1.62. The van der Waals surface area contributed by atoms with E-state index in [1.54, 1.807) is 0 Å². The average molecular weight is 242 g/mol. The van der Waals surface area contributed by atoms with E-state index in [0.717, 1.165) is 4.90 Å². The normalized spacial score (nSPS) is 17.8. The first-order chi connectivity index (χ1) is 7.91. The van der Waals surface area contributed by atoms with Crippen LogP contribution in [0.4, 0.5) is 0 Å². The Hall–Kier alpha value is -1.92. The van der Waals surface area contributed by atoms with Crippen molar-refractivity contribution in [3.05, 3.63) is 0 Å². The second kappa shape index (κ2) is 5.42. The molecule has 0 aromatic rings. The summed E-state index contributed by atoms with van der Waals surface area (Å²) in [7, 11) is 0. The topological polar surface area (TPSA) is 104 Å². The number of carboxylic acid groups (broad SMARTS) is 1. The van der Waals surface area contributed by atoms with Gasteiger partial charge in [0, 0.05) is 19.8 Å². The number of nitrogens with zero attached hydrogens (tertiary/aromatic N) is 1. The molecule has 7 heteroatoms. The minimum absolute atomic E-state index is 0.234. The third-order valence-electron chi connectivity index (χ3n) is 2.42. The van der Waals surface area contributed by atoms with Gasteiger partial charge in [0.2, 0.25) is 17.7 Å². The van der Waals surface area contributed by atoms with Crippen LogP contribution in [-0.4, -0.2) is 46.3 Å². The Balaban J connectivity index is 2.71. The van der Waals surface area contributed by atoms with Crippen LogP contribution < -0.4 is 5.32 Å². The molecule has 1 heterocycles. The predicted molar refractivity (Wildman–Crippen MR) is 55.8 cm³/mol. The SMILES string of the molecule is CC(=O)NC(CN1C(=O)CCCC1=O)C(=O)O. The summed E-state index contributed by atoms with van der Waals surface area (Å²) in [4.78, 5) is 45.5. The van der Waals surface area contributed by atoms with E-state index < -0.39 is 29.7 Å². The second-order valence-electron chi connectivity index (χ2n) is 3.84. The maximum absolute atomic E-state index is 11.4. The number of amides is 3. The van der Waals surface area contributed by atoms with E-state index in [9.17, 15) is 19.2 Å². The summed E-state index contributed by atoms with van der Waals surface area (Å²) in [5, 5.41) is 11.0. The molecule has 1 saturated heterocycles. The Morgan fingerprint density at radius 1 is 1.35 bits per heavy atom. The lowest BCUT2D eigenvalue weighted by Gasteiger charge is -2.27. The van der Waals surface area contributed by atoms with E-state index in [1.165, 1.54) is 6.92 Å². The van der Waals surface area contributed by atoms with Gasteiger partial charge in [-0.1, -0.05) is 0 Å². The number of carbonyl (C=O) groups excluding carboxylic acids is 3. The Morgan fingerprint density at radius 3 is 2.29 bits per heavy atom. The van der Waals surface area contributed by atoms with Crippen LogP contribution in [-0.2, 0) is 19.2 Å². The number of nitrogens with one attached hydrogen (secondary N) is 1. The van der Waals surface area contributed by atoms with Crippen LogP contribution in [0.5, 0.6) is 0 Å². The van der Waals surface area contributed by atoms with Gasteiger partial charge in [-0.05, 0) is 6.42 Å². The van der Waals surface area contributed by atoms with E-state index in [2.05, 4.69) is 5.32 Å². The third kappa shape index (κ3) is 3.54. The molecule has 0 bridgehead atoms. The van der Waals surface area contributed by atoms with Crippen molar-refractivity contribution in [1.82, 2.24) is 10.2 Å². The van der Waals surface area contributed by atoms with Gasteiger partial charge in [-0.3, -0.25) is 19.3 Å². The molecule has 0 radical (unpaired) electrons. The molecule has 1 aliphatic heterocycles. The first-order valence-corrected chi connectivity index (χ1v) is 5.25. The van der Waals surface area contributed by atoms with Crippen molar-refractivity contribution in [1.29, 1.82) is 0 Å². The van der Waals surface area contributed by atoms with Crippen LogP contribution in [0.15, 0.2) is 0 Å². The molecular weight excluding hydrogens is 228 g/mol. The fraction of sp³-hybridized carbons (Fsp3) is 0.600. The monoisotopic (exact) mass is 242 g/mol. The lowest BCUT2D eigenvalue weighted by Crippen LogP contribution is -2.52. The highest BCUT2D eigenvalue weighted by Crippen LogP contribution is 2.12. The molecular formula is C10H14N2O5. The molecule has 2 N–H and O–H groups in total. The Morgan fingerprint density at radius 2 is 1.88 bits per heavy atom. The number of hydrogen-bond acceptors (Lipinski definition) is 4. The second-order valence-corrected chi connectivity index (χ2v) is 3.84. The van der Waals surface area contributed by atoms with Crippen molar-refractivity contribution in [3.63, 3.8) is 0 Å². The zero-order chi connectivity index (χ0) is 13.0. The Kier molecular flexibility index (Phi) is 4.19. The highest BCUT2D eigenvalue weighted by molar-refractivity contribution is 5.98. The van der Waals surface area contributed by atoms with Gasteiger partial charge in [-0.15, -0.1) is 0 Å². The molecule has 7 nitrogen and oxygen atoms in total. The van der Waals surface area contributed by atoms with Gasteiger partial charge in [-0.25, -0.2) is 4.79 Å². The van der Waals surface area contributed by atoms with Gasteiger partial charge < -0.3 is 10.4 Å². The number of rotatable bonds is 4. The highest BCUT2D eigenvalue weighted by Gasteiger charge is 2.31. The number of aliphatic carboxylic acids is 1. The van der Waals surface area contributed by atoms with E-state index >= 15 is 0 Å². The fourth-order valence-corrected chi connectivity index (χ4v) is 1.62. The van der Waals surface area contributed by atoms with E-state index in [0.29, 0.717) is 6.42 Å². The average Bonchev–Trinajstić information content (AvgIpc) is 2.21. The summed E-state index contributed by atoms with van der Waals surface area (Å²) in [5.74, 6) is -2.57. The van der Waals surface area contributed by atoms with E-state index in [4.69, 9.17) is 5.11 Å². The summed E-state index contributed by atoms with van der Waals surface area (Å²) < 4.78 is 0. The number of carboxylic acids is 1. The lowest BCUT2D eigenvalue weighted by atomic mass is 10.1. The molecule has 1 fully saturated rings. The number of likely N-dealkylation sites (tertiary alicyclic amines) is 1.